The summed E-state index contributed by atoms with van der Waals surface area (Å²) in [5, 5.41) is 9.05. The van der Waals surface area contributed by atoms with E-state index in [-0.39, 0.29) is 11.5 Å². The van der Waals surface area contributed by atoms with Gasteiger partial charge in [0.15, 0.2) is 6.10 Å². The van der Waals surface area contributed by atoms with E-state index in [9.17, 15) is 9.18 Å². The molecule has 6 heteroatoms. The minimum absolute atomic E-state index is 0.103. The van der Waals surface area contributed by atoms with Crippen molar-refractivity contribution in [2.45, 2.75) is 19.6 Å². The highest BCUT2D eigenvalue weighted by molar-refractivity contribution is 7.21. The smallest absolute Gasteiger partial charge is 0.350 e. The van der Waals surface area contributed by atoms with E-state index in [1.807, 2.05) is 6.07 Å². The fourth-order valence-electron chi connectivity index (χ4n) is 1.85. The van der Waals surface area contributed by atoms with Crippen LogP contribution >= 0.6 is 11.3 Å². The monoisotopic (exact) mass is 293 g/mol. The Morgan fingerprint density at radius 2 is 2.30 bits per heavy atom. The van der Waals surface area contributed by atoms with Gasteiger partial charge in [0.2, 0.25) is 0 Å². The third-order valence-electron chi connectivity index (χ3n) is 2.70. The lowest BCUT2D eigenvalue weighted by Gasteiger charge is -2.06. The molecular weight excluding hydrogens is 281 g/mol. The van der Waals surface area contributed by atoms with E-state index in [1.54, 1.807) is 12.1 Å². The maximum Gasteiger partial charge on any atom is 0.350 e. The molecule has 1 aromatic heterocycles. The molecule has 0 unspecified atom stereocenters. The van der Waals surface area contributed by atoms with Gasteiger partial charge in [-0.2, -0.15) is 5.26 Å². The Labute approximate surface area is 119 Å². The number of nitrogens with zero attached hydrogens (tertiary/aromatic N) is 1. The molecule has 0 aliphatic carbocycles. The topological polar surface area (TPSA) is 59.3 Å². The van der Waals surface area contributed by atoms with Gasteiger partial charge in [-0.05, 0) is 19.1 Å². The van der Waals surface area contributed by atoms with Crippen LogP contribution in [0.5, 0.6) is 0 Å². The number of hydrogen-bond acceptors (Lipinski definition) is 5. The molecule has 20 heavy (non-hydrogen) atoms. The molecule has 0 aliphatic rings. The number of nitriles is 1. The Morgan fingerprint density at radius 3 is 2.95 bits per heavy atom. The lowest BCUT2D eigenvalue weighted by molar-refractivity contribution is 0.0437. The van der Waals surface area contributed by atoms with Crippen LogP contribution < -0.4 is 0 Å². The zero-order chi connectivity index (χ0) is 14.7. The third kappa shape index (κ3) is 2.64. The molecule has 1 atom stereocenters. The van der Waals surface area contributed by atoms with E-state index in [2.05, 4.69) is 0 Å². The van der Waals surface area contributed by atoms with E-state index in [0.717, 1.165) is 11.3 Å². The maximum atomic E-state index is 13.9. The van der Waals surface area contributed by atoms with Crippen molar-refractivity contribution in [1.29, 1.82) is 5.26 Å². The van der Waals surface area contributed by atoms with Gasteiger partial charge in [0.05, 0.1) is 6.61 Å². The fourth-order valence-corrected chi connectivity index (χ4v) is 2.96. The predicted octanol–water partition coefficient (Wildman–Crippen LogP) is 3.26. The minimum Gasteiger partial charge on any atom is -0.443 e. The summed E-state index contributed by atoms with van der Waals surface area (Å²) >= 11 is 1.13. The molecule has 0 radical (unpaired) electrons. The predicted molar refractivity (Wildman–Crippen MR) is 73.0 cm³/mol. The second-order valence-corrected chi connectivity index (χ2v) is 5.18. The first-order valence-electron chi connectivity index (χ1n) is 5.88. The number of carbonyl (C=O) groups excluding carboxylic acids is 1. The molecule has 1 aromatic carbocycles. The van der Waals surface area contributed by atoms with E-state index in [4.69, 9.17) is 14.7 Å². The van der Waals surface area contributed by atoms with Gasteiger partial charge >= 0.3 is 5.97 Å². The first-order chi connectivity index (χ1) is 9.58. The molecule has 0 aliphatic heterocycles. The summed E-state index contributed by atoms with van der Waals surface area (Å²) in [5.41, 5.74) is 0.459. The van der Waals surface area contributed by atoms with Crippen molar-refractivity contribution < 1.29 is 18.7 Å². The summed E-state index contributed by atoms with van der Waals surface area (Å²) in [6.07, 6.45) is -0.854. The molecule has 0 N–H and O–H groups in total. The van der Waals surface area contributed by atoms with Crippen LogP contribution in [0.25, 0.3) is 10.1 Å². The molecule has 0 fully saturated rings. The van der Waals surface area contributed by atoms with Crippen molar-refractivity contribution in [3.63, 3.8) is 0 Å². The summed E-state index contributed by atoms with van der Waals surface area (Å²) in [6, 6.07) is 6.46. The maximum absolute atomic E-state index is 13.9. The van der Waals surface area contributed by atoms with E-state index in [1.165, 1.54) is 20.1 Å². The fraction of sp³-hybridized carbons (Fsp3) is 0.286. The minimum atomic E-state index is -0.854. The Bertz CT molecular complexity index is 690. The average Bonchev–Trinajstić information content (AvgIpc) is 2.79. The molecule has 0 saturated carbocycles. The highest BCUT2D eigenvalue weighted by atomic mass is 32.1. The summed E-state index contributed by atoms with van der Waals surface area (Å²) in [6.45, 7) is 1.58. The van der Waals surface area contributed by atoms with Gasteiger partial charge in [-0.1, -0.05) is 6.07 Å². The second kappa shape index (κ2) is 5.99. The number of carbonyl (C=O) groups is 1. The van der Waals surface area contributed by atoms with E-state index in [0.29, 0.717) is 15.6 Å². The van der Waals surface area contributed by atoms with Crippen molar-refractivity contribution >= 4 is 27.4 Å². The zero-order valence-electron chi connectivity index (χ0n) is 11.0. The zero-order valence-corrected chi connectivity index (χ0v) is 11.8. The van der Waals surface area contributed by atoms with Crippen LogP contribution in [0.4, 0.5) is 4.39 Å². The van der Waals surface area contributed by atoms with Gasteiger partial charge in [-0.25, -0.2) is 9.18 Å². The molecule has 0 saturated heterocycles. The Kier molecular flexibility index (Phi) is 4.32. The van der Waals surface area contributed by atoms with Gasteiger partial charge in [-0.3, -0.25) is 0 Å². The van der Waals surface area contributed by atoms with Gasteiger partial charge in [-0.15, -0.1) is 11.3 Å². The van der Waals surface area contributed by atoms with Gasteiger partial charge in [0.1, 0.15) is 16.8 Å². The molecule has 0 spiro atoms. The van der Waals surface area contributed by atoms with Crippen LogP contribution in [0, 0.1) is 17.1 Å². The molecule has 1 heterocycles. The Morgan fingerprint density at radius 1 is 1.55 bits per heavy atom. The summed E-state index contributed by atoms with van der Waals surface area (Å²) in [5.74, 6) is -1.04. The largest absolute Gasteiger partial charge is 0.443 e. The number of halogens is 1. The van der Waals surface area contributed by atoms with Crippen LogP contribution in [0.2, 0.25) is 0 Å². The van der Waals surface area contributed by atoms with Crippen LogP contribution in [0.15, 0.2) is 18.2 Å². The quantitative estimate of drug-likeness (QED) is 0.812. The third-order valence-corrected chi connectivity index (χ3v) is 3.88. The average molecular weight is 293 g/mol. The van der Waals surface area contributed by atoms with E-state index >= 15 is 0 Å². The SMILES string of the molecule is COCc1c(C(=O)O[C@H](C)C#N)sc2cccc(F)c12. The molecule has 2 aromatic rings. The molecule has 0 bridgehead atoms. The number of benzene rings is 1. The number of hydrogen-bond donors (Lipinski definition) is 0. The lowest BCUT2D eigenvalue weighted by atomic mass is 10.1. The lowest BCUT2D eigenvalue weighted by Crippen LogP contribution is -2.13. The molecule has 0 amide bonds. The second-order valence-electron chi connectivity index (χ2n) is 4.13. The number of esters is 1. The van der Waals surface area contributed by atoms with Crippen molar-refractivity contribution in [1.82, 2.24) is 0 Å². The molecule has 2 rings (SSSR count). The summed E-state index contributed by atoms with van der Waals surface area (Å²) < 4.78 is 24.6. The standard InChI is InChI=1S/C14H12FNO3S/c1-8(6-16)19-14(17)13-9(7-18-2)12-10(15)4-3-5-11(12)20-13/h3-5,8H,7H2,1-2H3/t8-/m1/s1. The first kappa shape index (κ1) is 14.4. The van der Waals surface area contributed by atoms with Gasteiger partial charge in [0, 0.05) is 22.8 Å². The number of thiophene rings is 1. The molecular formula is C14H12FNO3S. The van der Waals surface area contributed by atoms with Crippen molar-refractivity contribution in [3.05, 3.63) is 34.5 Å². The number of methoxy groups -OCH3 is 1. The Hall–Kier alpha value is -1.97. The molecule has 4 nitrogen and oxygen atoms in total. The van der Waals surface area contributed by atoms with Crippen molar-refractivity contribution in [2.24, 2.45) is 0 Å². The van der Waals surface area contributed by atoms with Crippen LogP contribution in [-0.4, -0.2) is 19.2 Å². The Balaban J connectivity index is 2.53. The summed E-state index contributed by atoms with van der Waals surface area (Å²) in [4.78, 5) is 12.3. The van der Waals surface area contributed by atoms with Gasteiger partial charge in [0.25, 0.3) is 0 Å². The number of ether oxygens (including phenoxy) is 2. The van der Waals surface area contributed by atoms with Gasteiger partial charge < -0.3 is 9.47 Å². The van der Waals surface area contributed by atoms with Crippen molar-refractivity contribution in [3.8, 4) is 6.07 Å². The van der Waals surface area contributed by atoms with Crippen LogP contribution in [-0.2, 0) is 16.1 Å². The summed E-state index contributed by atoms with van der Waals surface area (Å²) in [7, 11) is 1.47. The highest BCUT2D eigenvalue weighted by Crippen LogP contribution is 2.34. The molecule has 104 valence electrons. The van der Waals surface area contributed by atoms with E-state index < -0.39 is 17.9 Å². The first-order valence-corrected chi connectivity index (χ1v) is 6.69. The highest BCUT2D eigenvalue weighted by Gasteiger charge is 2.22. The van der Waals surface area contributed by atoms with Crippen LogP contribution in [0.3, 0.4) is 0 Å². The normalized spacial score (nSPS) is 12.1. The van der Waals surface area contributed by atoms with Crippen LogP contribution in [0.1, 0.15) is 22.2 Å². The van der Waals surface area contributed by atoms with Crippen molar-refractivity contribution in [2.75, 3.05) is 7.11 Å². The number of fused-ring (bicyclic) bond motifs is 1. The number of rotatable bonds is 4.